The maximum Gasteiger partial charge on any atom is 0.134 e. The lowest BCUT2D eigenvalue weighted by molar-refractivity contribution is -0.116. The molecule has 1 atom stereocenters. The minimum Gasteiger partial charge on any atom is -0.300 e. The lowest BCUT2D eigenvalue weighted by Crippen LogP contribution is -2.00. The number of pyridine rings is 1. The lowest BCUT2D eigenvalue weighted by atomic mass is 9.95. The zero-order valence-corrected chi connectivity index (χ0v) is 11.1. The van der Waals surface area contributed by atoms with Gasteiger partial charge in [-0.25, -0.2) is 0 Å². The third-order valence-electron chi connectivity index (χ3n) is 3.79. The fourth-order valence-corrected chi connectivity index (χ4v) is 2.89. The van der Waals surface area contributed by atoms with Gasteiger partial charge in [0.25, 0.3) is 0 Å². The van der Waals surface area contributed by atoms with E-state index in [1.165, 1.54) is 16.8 Å². The SMILES string of the molecule is CC(=O)Cc1ccc(C2CCc3cccnc32)cc1. The van der Waals surface area contributed by atoms with E-state index < -0.39 is 0 Å². The van der Waals surface area contributed by atoms with E-state index in [4.69, 9.17) is 0 Å². The van der Waals surface area contributed by atoms with E-state index in [0.717, 1.165) is 18.4 Å². The Morgan fingerprint density at radius 2 is 2.05 bits per heavy atom. The van der Waals surface area contributed by atoms with Crippen molar-refractivity contribution in [2.24, 2.45) is 0 Å². The van der Waals surface area contributed by atoms with Gasteiger partial charge in [0, 0.05) is 18.5 Å². The molecule has 0 bridgehead atoms. The van der Waals surface area contributed by atoms with Crippen LogP contribution in [-0.2, 0) is 17.6 Å². The highest BCUT2D eigenvalue weighted by atomic mass is 16.1. The molecule has 1 unspecified atom stereocenters. The Balaban J connectivity index is 1.86. The quantitative estimate of drug-likeness (QED) is 0.837. The van der Waals surface area contributed by atoms with Crippen LogP contribution in [0.5, 0.6) is 0 Å². The molecule has 0 saturated heterocycles. The molecule has 2 heteroatoms. The third-order valence-corrected chi connectivity index (χ3v) is 3.79. The number of aryl methyl sites for hydroxylation is 1. The van der Waals surface area contributed by atoms with Crippen LogP contribution < -0.4 is 0 Å². The number of ketones is 1. The van der Waals surface area contributed by atoms with E-state index in [1.54, 1.807) is 6.92 Å². The van der Waals surface area contributed by atoms with Crippen LogP contribution in [-0.4, -0.2) is 10.8 Å². The summed E-state index contributed by atoms with van der Waals surface area (Å²) < 4.78 is 0. The Hall–Kier alpha value is -1.96. The standard InChI is InChI=1S/C17H17NO/c1-12(19)11-13-4-6-14(7-5-13)16-9-8-15-3-2-10-18-17(15)16/h2-7,10,16H,8-9,11H2,1H3. The molecule has 0 fully saturated rings. The number of hydrogen-bond donors (Lipinski definition) is 0. The molecule has 1 heterocycles. The number of benzene rings is 1. The van der Waals surface area contributed by atoms with Crippen molar-refractivity contribution in [3.05, 3.63) is 65.0 Å². The Labute approximate surface area is 113 Å². The highest BCUT2D eigenvalue weighted by molar-refractivity contribution is 5.78. The zero-order chi connectivity index (χ0) is 13.2. The van der Waals surface area contributed by atoms with Crippen LogP contribution in [0.1, 0.15) is 41.6 Å². The van der Waals surface area contributed by atoms with E-state index in [2.05, 4.69) is 35.3 Å². The summed E-state index contributed by atoms with van der Waals surface area (Å²) in [4.78, 5) is 15.6. The monoisotopic (exact) mass is 251 g/mol. The molecule has 2 aromatic rings. The summed E-state index contributed by atoms with van der Waals surface area (Å²) in [6, 6.07) is 12.6. The molecule has 1 aromatic heterocycles. The summed E-state index contributed by atoms with van der Waals surface area (Å²) in [6.07, 6.45) is 4.66. The summed E-state index contributed by atoms with van der Waals surface area (Å²) in [7, 11) is 0. The van der Waals surface area contributed by atoms with Crippen molar-refractivity contribution in [3.8, 4) is 0 Å². The Morgan fingerprint density at radius 3 is 2.79 bits per heavy atom. The fourth-order valence-electron chi connectivity index (χ4n) is 2.89. The van der Waals surface area contributed by atoms with E-state index in [1.807, 2.05) is 12.3 Å². The number of Topliss-reactive ketones (excluding diaryl/α,β-unsaturated/α-hetero) is 1. The first-order chi connectivity index (χ1) is 9.24. The molecule has 0 amide bonds. The molecule has 1 aliphatic rings. The molecule has 0 N–H and O–H groups in total. The Kier molecular flexibility index (Phi) is 3.16. The first kappa shape index (κ1) is 12.1. The van der Waals surface area contributed by atoms with Crippen molar-refractivity contribution in [2.75, 3.05) is 0 Å². The summed E-state index contributed by atoms with van der Waals surface area (Å²) in [6.45, 7) is 1.63. The first-order valence-electron chi connectivity index (χ1n) is 6.76. The second kappa shape index (κ2) is 4.96. The first-order valence-corrected chi connectivity index (χ1v) is 6.76. The second-order valence-corrected chi connectivity index (χ2v) is 5.26. The predicted octanol–water partition coefficient (Wildman–Crippen LogP) is 3.29. The molecule has 0 saturated carbocycles. The van der Waals surface area contributed by atoms with E-state index in [0.29, 0.717) is 12.3 Å². The number of aromatic nitrogens is 1. The minimum atomic E-state index is 0.209. The van der Waals surface area contributed by atoms with E-state index in [-0.39, 0.29) is 5.78 Å². The molecule has 1 aliphatic carbocycles. The molecule has 1 aromatic carbocycles. The molecule has 0 spiro atoms. The number of rotatable bonds is 3. The number of carbonyl (C=O) groups is 1. The fraction of sp³-hybridized carbons (Fsp3) is 0.294. The van der Waals surface area contributed by atoms with Crippen molar-refractivity contribution >= 4 is 5.78 Å². The maximum absolute atomic E-state index is 11.1. The molecule has 0 radical (unpaired) electrons. The van der Waals surface area contributed by atoms with Crippen molar-refractivity contribution < 1.29 is 4.79 Å². The second-order valence-electron chi connectivity index (χ2n) is 5.26. The highest BCUT2D eigenvalue weighted by Gasteiger charge is 2.24. The van der Waals surface area contributed by atoms with Gasteiger partial charge in [0.05, 0.1) is 5.69 Å². The van der Waals surface area contributed by atoms with Gasteiger partial charge >= 0.3 is 0 Å². The molecular weight excluding hydrogens is 234 g/mol. The molecule has 19 heavy (non-hydrogen) atoms. The van der Waals surface area contributed by atoms with Crippen LogP contribution in [0.3, 0.4) is 0 Å². The molecular formula is C17H17NO. The summed E-state index contributed by atoms with van der Waals surface area (Å²) in [5.74, 6) is 0.628. The van der Waals surface area contributed by atoms with E-state index in [9.17, 15) is 4.79 Å². The van der Waals surface area contributed by atoms with Gasteiger partial charge in [0.2, 0.25) is 0 Å². The van der Waals surface area contributed by atoms with Crippen molar-refractivity contribution in [1.29, 1.82) is 0 Å². The average Bonchev–Trinajstić information content (AvgIpc) is 2.83. The van der Waals surface area contributed by atoms with Gasteiger partial charge in [-0.1, -0.05) is 30.3 Å². The van der Waals surface area contributed by atoms with Gasteiger partial charge in [-0.15, -0.1) is 0 Å². The largest absolute Gasteiger partial charge is 0.300 e. The van der Waals surface area contributed by atoms with Crippen LogP contribution in [0.15, 0.2) is 42.6 Å². The van der Waals surface area contributed by atoms with Gasteiger partial charge < -0.3 is 0 Å². The highest BCUT2D eigenvalue weighted by Crippen LogP contribution is 2.36. The molecule has 0 aliphatic heterocycles. The molecule has 3 rings (SSSR count). The van der Waals surface area contributed by atoms with E-state index >= 15 is 0 Å². The van der Waals surface area contributed by atoms with Gasteiger partial charge in [-0.05, 0) is 42.5 Å². The van der Waals surface area contributed by atoms with Gasteiger partial charge in [-0.3, -0.25) is 9.78 Å². The zero-order valence-electron chi connectivity index (χ0n) is 11.1. The number of carbonyl (C=O) groups excluding carboxylic acids is 1. The summed E-state index contributed by atoms with van der Waals surface area (Å²) >= 11 is 0. The Morgan fingerprint density at radius 1 is 1.26 bits per heavy atom. The van der Waals surface area contributed by atoms with Crippen LogP contribution in [0.25, 0.3) is 0 Å². The van der Waals surface area contributed by atoms with Gasteiger partial charge in [0.1, 0.15) is 5.78 Å². The molecule has 2 nitrogen and oxygen atoms in total. The van der Waals surface area contributed by atoms with Crippen LogP contribution in [0, 0.1) is 0 Å². The number of hydrogen-bond acceptors (Lipinski definition) is 2. The number of nitrogens with zero attached hydrogens (tertiary/aromatic N) is 1. The smallest absolute Gasteiger partial charge is 0.134 e. The van der Waals surface area contributed by atoms with Crippen LogP contribution in [0.2, 0.25) is 0 Å². The van der Waals surface area contributed by atoms with Crippen molar-refractivity contribution in [3.63, 3.8) is 0 Å². The number of fused-ring (bicyclic) bond motifs is 1. The van der Waals surface area contributed by atoms with Gasteiger partial charge in [0.15, 0.2) is 0 Å². The topological polar surface area (TPSA) is 30.0 Å². The van der Waals surface area contributed by atoms with Crippen molar-refractivity contribution in [2.45, 2.75) is 32.1 Å². The maximum atomic E-state index is 11.1. The molecule has 96 valence electrons. The normalized spacial score (nSPS) is 17.2. The van der Waals surface area contributed by atoms with Gasteiger partial charge in [-0.2, -0.15) is 0 Å². The van der Waals surface area contributed by atoms with Crippen LogP contribution in [0.4, 0.5) is 0 Å². The summed E-state index contributed by atoms with van der Waals surface area (Å²) in [5, 5.41) is 0. The summed E-state index contributed by atoms with van der Waals surface area (Å²) in [5.41, 5.74) is 5.00. The predicted molar refractivity (Wildman–Crippen MR) is 75.2 cm³/mol. The third kappa shape index (κ3) is 2.43. The lowest BCUT2D eigenvalue weighted by Gasteiger charge is -2.11. The minimum absolute atomic E-state index is 0.209. The average molecular weight is 251 g/mol. The van der Waals surface area contributed by atoms with Crippen LogP contribution >= 0.6 is 0 Å². The van der Waals surface area contributed by atoms with Crippen molar-refractivity contribution in [1.82, 2.24) is 4.98 Å². The Bertz CT molecular complexity index is 601.